The summed E-state index contributed by atoms with van der Waals surface area (Å²) in [6.07, 6.45) is 2.54. The highest BCUT2D eigenvalue weighted by molar-refractivity contribution is 5.87. The van der Waals surface area contributed by atoms with E-state index in [9.17, 15) is 9.18 Å². The van der Waals surface area contributed by atoms with Gasteiger partial charge in [-0.25, -0.2) is 4.39 Å². The quantitative estimate of drug-likeness (QED) is 0.609. The van der Waals surface area contributed by atoms with Crippen molar-refractivity contribution < 1.29 is 13.9 Å². The lowest BCUT2D eigenvalue weighted by Crippen LogP contribution is -1.95. The molecule has 0 amide bonds. The molecule has 0 atom stereocenters. The molecule has 3 heteroatoms. The summed E-state index contributed by atoms with van der Waals surface area (Å²) in [5.74, 6) is -0.251. The van der Waals surface area contributed by atoms with Gasteiger partial charge in [-0.3, -0.25) is 4.79 Å². The van der Waals surface area contributed by atoms with E-state index in [1.807, 2.05) is 18.2 Å². The first-order valence-electron chi connectivity index (χ1n) is 5.57. The summed E-state index contributed by atoms with van der Waals surface area (Å²) in [4.78, 5) is 10.8. The zero-order chi connectivity index (χ0) is 13.0. The summed E-state index contributed by atoms with van der Waals surface area (Å²) in [5.41, 5.74) is 1.47. The molecule has 0 N–H and O–H groups in total. The standard InChI is InChI=1S/C15H13FO2/c1-18-10-12(9-17)6-11-2-3-14-8-15(16)5-4-13(14)7-11/h2-9H,10H2,1H3/b12-6+. The maximum Gasteiger partial charge on any atom is 0.148 e. The van der Waals surface area contributed by atoms with Crippen LogP contribution in [0.2, 0.25) is 0 Å². The van der Waals surface area contributed by atoms with E-state index in [2.05, 4.69) is 0 Å². The van der Waals surface area contributed by atoms with Crippen molar-refractivity contribution in [2.24, 2.45) is 0 Å². The van der Waals surface area contributed by atoms with Crippen LogP contribution < -0.4 is 0 Å². The Balaban J connectivity index is 2.41. The van der Waals surface area contributed by atoms with Gasteiger partial charge in [0.2, 0.25) is 0 Å². The predicted molar refractivity (Wildman–Crippen MR) is 69.8 cm³/mol. The zero-order valence-electron chi connectivity index (χ0n) is 10.0. The third-order valence-corrected chi connectivity index (χ3v) is 2.64. The average molecular weight is 244 g/mol. The van der Waals surface area contributed by atoms with Crippen LogP contribution in [0.5, 0.6) is 0 Å². The molecular weight excluding hydrogens is 231 g/mol. The number of hydrogen-bond donors (Lipinski definition) is 0. The van der Waals surface area contributed by atoms with Crippen LogP contribution in [0.4, 0.5) is 4.39 Å². The maximum absolute atomic E-state index is 13.0. The van der Waals surface area contributed by atoms with Crippen molar-refractivity contribution in [1.82, 2.24) is 0 Å². The number of carbonyl (C=O) groups excluding carboxylic acids is 1. The molecule has 0 aliphatic heterocycles. The van der Waals surface area contributed by atoms with Gasteiger partial charge in [0, 0.05) is 12.7 Å². The van der Waals surface area contributed by atoms with Gasteiger partial charge < -0.3 is 4.74 Å². The minimum absolute atomic E-state index is 0.251. The van der Waals surface area contributed by atoms with Crippen LogP contribution in [-0.4, -0.2) is 20.0 Å². The van der Waals surface area contributed by atoms with E-state index in [0.717, 1.165) is 22.6 Å². The van der Waals surface area contributed by atoms with Gasteiger partial charge in [0.1, 0.15) is 12.1 Å². The third-order valence-electron chi connectivity index (χ3n) is 2.64. The minimum Gasteiger partial charge on any atom is -0.380 e. The Morgan fingerprint density at radius 3 is 2.67 bits per heavy atom. The Kier molecular flexibility index (Phi) is 3.85. The molecule has 0 saturated heterocycles. The lowest BCUT2D eigenvalue weighted by molar-refractivity contribution is -0.105. The molecule has 0 spiro atoms. The normalized spacial score (nSPS) is 11.8. The van der Waals surface area contributed by atoms with Crippen LogP contribution in [0.3, 0.4) is 0 Å². The molecule has 2 rings (SSSR count). The molecule has 2 nitrogen and oxygen atoms in total. The van der Waals surface area contributed by atoms with Crippen LogP contribution in [0.15, 0.2) is 42.0 Å². The monoisotopic (exact) mass is 244 g/mol. The highest BCUT2D eigenvalue weighted by Gasteiger charge is 1.99. The molecule has 2 aromatic carbocycles. The maximum atomic E-state index is 13.0. The molecule has 0 aliphatic carbocycles. The molecule has 0 aliphatic rings. The molecular formula is C15H13FO2. The van der Waals surface area contributed by atoms with E-state index in [4.69, 9.17) is 4.74 Å². The lowest BCUT2D eigenvalue weighted by Gasteiger charge is -2.02. The van der Waals surface area contributed by atoms with Gasteiger partial charge >= 0.3 is 0 Å². The Labute approximate surface area is 105 Å². The Morgan fingerprint density at radius 1 is 1.22 bits per heavy atom. The number of rotatable bonds is 4. The molecule has 0 saturated carbocycles. The van der Waals surface area contributed by atoms with Gasteiger partial charge in [-0.05, 0) is 40.6 Å². The van der Waals surface area contributed by atoms with Crippen molar-refractivity contribution in [2.45, 2.75) is 0 Å². The largest absolute Gasteiger partial charge is 0.380 e. The van der Waals surface area contributed by atoms with E-state index in [1.165, 1.54) is 12.1 Å². The molecule has 0 bridgehead atoms. The van der Waals surface area contributed by atoms with E-state index >= 15 is 0 Å². The summed E-state index contributed by atoms with van der Waals surface area (Å²) in [6, 6.07) is 10.2. The molecule has 18 heavy (non-hydrogen) atoms. The van der Waals surface area contributed by atoms with Crippen molar-refractivity contribution >= 4 is 23.1 Å². The minimum atomic E-state index is -0.251. The van der Waals surface area contributed by atoms with Crippen molar-refractivity contribution in [3.05, 3.63) is 53.4 Å². The Bertz CT molecular complexity index is 602. The number of carbonyl (C=O) groups is 1. The number of ether oxygens (including phenoxy) is 1. The molecule has 0 radical (unpaired) electrons. The number of aldehydes is 1. The molecule has 92 valence electrons. The summed E-state index contributed by atoms with van der Waals surface area (Å²) in [5, 5.41) is 1.78. The van der Waals surface area contributed by atoms with E-state index in [0.29, 0.717) is 5.57 Å². The number of fused-ring (bicyclic) bond motifs is 1. The molecule has 0 unspecified atom stereocenters. The van der Waals surface area contributed by atoms with Crippen molar-refractivity contribution in [3.8, 4) is 0 Å². The van der Waals surface area contributed by atoms with Gasteiger partial charge in [-0.2, -0.15) is 0 Å². The Morgan fingerprint density at radius 2 is 1.94 bits per heavy atom. The SMILES string of the molecule is COC/C(C=O)=C/c1ccc2cc(F)ccc2c1. The summed E-state index contributed by atoms with van der Waals surface area (Å²) in [6.45, 7) is 0.283. The first kappa shape index (κ1) is 12.5. The number of halogens is 1. The fraction of sp³-hybridized carbons (Fsp3) is 0.133. The third kappa shape index (κ3) is 2.81. The van der Waals surface area contributed by atoms with Gasteiger partial charge in [0.15, 0.2) is 0 Å². The molecule has 0 heterocycles. The fourth-order valence-electron chi connectivity index (χ4n) is 1.82. The van der Waals surface area contributed by atoms with E-state index < -0.39 is 0 Å². The van der Waals surface area contributed by atoms with Crippen LogP contribution in [0, 0.1) is 5.82 Å². The summed E-state index contributed by atoms with van der Waals surface area (Å²) < 4.78 is 17.9. The second kappa shape index (κ2) is 5.56. The first-order chi connectivity index (χ1) is 8.72. The Hall–Kier alpha value is -2.00. The fourth-order valence-corrected chi connectivity index (χ4v) is 1.82. The number of methoxy groups -OCH3 is 1. The van der Waals surface area contributed by atoms with Gasteiger partial charge in [0.25, 0.3) is 0 Å². The highest BCUT2D eigenvalue weighted by Crippen LogP contribution is 2.18. The lowest BCUT2D eigenvalue weighted by atomic mass is 10.1. The van der Waals surface area contributed by atoms with Gasteiger partial charge in [0.05, 0.1) is 6.61 Å². The van der Waals surface area contributed by atoms with Crippen LogP contribution in [-0.2, 0) is 9.53 Å². The van der Waals surface area contributed by atoms with Crippen LogP contribution >= 0.6 is 0 Å². The molecule has 0 fully saturated rings. The van der Waals surface area contributed by atoms with Crippen molar-refractivity contribution in [1.29, 1.82) is 0 Å². The van der Waals surface area contributed by atoms with Gasteiger partial charge in [-0.15, -0.1) is 0 Å². The summed E-state index contributed by atoms with van der Waals surface area (Å²) >= 11 is 0. The van der Waals surface area contributed by atoms with E-state index in [-0.39, 0.29) is 12.4 Å². The van der Waals surface area contributed by atoms with Crippen molar-refractivity contribution in [2.75, 3.05) is 13.7 Å². The van der Waals surface area contributed by atoms with Crippen LogP contribution in [0.25, 0.3) is 16.8 Å². The predicted octanol–water partition coefficient (Wildman–Crippen LogP) is 3.21. The van der Waals surface area contributed by atoms with E-state index in [1.54, 1.807) is 19.3 Å². The smallest absolute Gasteiger partial charge is 0.148 e. The number of benzene rings is 2. The van der Waals surface area contributed by atoms with Crippen LogP contribution in [0.1, 0.15) is 5.56 Å². The van der Waals surface area contributed by atoms with Crippen molar-refractivity contribution in [3.63, 3.8) is 0 Å². The molecule has 2 aromatic rings. The van der Waals surface area contributed by atoms with Gasteiger partial charge in [-0.1, -0.05) is 18.2 Å². The number of hydrogen-bond acceptors (Lipinski definition) is 2. The first-order valence-corrected chi connectivity index (χ1v) is 5.57. The second-order valence-corrected chi connectivity index (χ2v) is 4.02. The molecule has 0 aromatic heterocycles. The second-order valence-electron chi connectivity index (χ2n) is 4.02. The summed E-state index contributed by atoms with van der Waals surface area (Å²) in [7, 11) is 1.54. The highest BCUT2D eigenvalue weighted by atomic mass is 19.1. The average Bonchev–Trinajstić information content (AvgIpc) is 2.38. The zero-order valence-corrected chi connectivity index (χ0v) is 10.0. The topological polar surface area (TPSA) is 26.3 Å².